The molecule has 0 fully saturated rings. The van der Waals surface area contributed by atoms with Gasteiger partial charge in [0, 0.05) is 12.7 Å². The zero-order valence-electron chi connectivity index (χ0n) is 10.5. The molecule has 0 heterocycles. The van der Waals surface area contributed by atoms with E-state index in [4.69, 9.17) is 14.6 Å². The fourth-order valence-corrected chi connectivity index (χ4v) is 1.38. The summed E-state index contributed by atoms with van der Waals surface area (Å²) in [7, 11) is 0. The average Bonchev–Trinajstić information content (AvgIpc) is 2.38. The van der Waals surface area contributed by atoms with Gasteiger partial charge in [0.1, 0.15) is 17.9 Å². The molecule has 1 rings (SSSR count). The third-order valence-electron chi connectivity index (χ3n) is 2.24. The molecule has 0 aliphatic heterocycles. The molecule has 0 aliphatic rings. The van der Waals surface area contributed by atoms with Gasteiger partial charge < -0.3 is 14.6 Å². The number of nitro groups is 1. The summed E-state index contributed by atoms with van der Waals surface area (Å²) in [6.07, 6.45) is 0.872. The first-order chi connectivity index (χ1) is 9.06. The number of carbonyl (C=O) groups is 1. The topological polar surface area (TPSA) is 98.9 Å². The Morgan fingerprint density at radius 2 is 2.11 bits per heavy atom. The fraction of sp³-hybridized carbons (Fsp3) is 0.417. The Labute approximate surface area is 109 Å². The predicted molar refractivity (Wildman–Crippen MR) is 66.7 cm³/mol. The van der Waals surface area contributed by atoms with E-state index >= 15 is 0 Å². The number of non-ortho nitro benzene ring substituents is 1. The van der Waals surface area contributed by atoms with Gasteiger partial charge in [-0.15, -0.1) is 0 Å². The summed E-state index contributed by atoms with van der Waals surface area (Å²) in [6, 6.07) is 3.38. The Kier molecular flexibility index (Phi) is 5.74. The molecule has 0 amide bonds. The van der Waals surface area contributed by atoms with E-state index in [2.05, 4.69) is 0 Å². The van der Waals surface area contributed by atoms with Crippen molar-refractivity contribution in [1.82, 2.24) is 0 Å². The maximum atomic E-state index is 11.0. The molecule has 1 aromatic rings. The van der Waals surface area contributed by atoms with E-state index in [9.17, 15) is 14.9 Å². The van der Waals surface area contributed by atoms with E-state index in [0.29, 0.717) is 13.2 Å². The maximum absolute atomic E-state index is 11.0. The summed E-state index contributed by atoms with van der Waals surface area (Å²) in [5.74, 6) is -1.22. The Morgan fingerprint density at radius 3 is 2.68 bits per heavy atom. The molecule has 0 atom stereocenters. The predicted octanol–water partition coefficient (Wildman–Crippen LogP) is 2.10. The average molecular weight is 269 g/mol. The second kappa shape index (κ2) is 7.32. The monoisotopic (exact) mass is 269 g/mol. The van der Waals surface area contributed by atoms with Crippen LogP contribution in [0.1, 0.15) is 23.7 Å². The molecule has 1 aromatic carbocycles. The van der Waals surface area contributed by atoms with Crippen molar-refractivity contribution in [1.29, 1.82) is 0 Å². The maximum Gasteiger partial charge on any atom is 0.339 e. The van der Waals surface area contributed by atoms with Gasteiger partial charge in [-0.1, -0.05) is 6.92 Å². The minimum atomic E-state index is -1.20. The van der Waals surface area contributed by atoms with Crippen LogP contribution in [0.2, 0.25) is 0 Å². The van der Waals surface area contributed by atoms with Crippen LogP contribution < -0.4 is 4.74 Å². The number of carboxylic acids is 1. The van der Waals surface area contributed by atoms with E-state index < -0.39 is 10.9 Å². The number of nitro benzene ring substituents is 1. The molecule has 0 bridgehead atoms. The van der Waals surface area contributed by atoms with Crippen molar-refractivity contribution >= 4 is 11.7 Å². The number of ether oxygens (including phenoxy) is 2. The van der Waals surface area contributed by atoms with E-state index in [0.717, 1.165) is 24.6 Å². The van der Waals surface area contributed by atoms with Crippen LogP contribution in [0.25, 0.3) is 0 Å². The molecule has 0 aromatic heterocycles. The van der Waals surface area contributed by atoms with E-state index in [1.807, 2.05) is 6.92 Å². The van der Waals surface area contributed by atoms with Crippen LogP contribution in [-0.4, -0.2) is 35.8 Å². The lowest BCUT2D eigenvalue weighted by Gasteiger charge is -2.09. The van der Waals surface area contributed by atoms with Crippen molar-refractivity contribution in [2.45, 2.75) is 13.3 Å². The highest BCUT2D eigenvalue weighted by Crippen LogP contribution is 2.24. The molecule has 7 nitrogen and oxygen atoms in total. The summed E-state index contributed by atoms with van der Waals surface area (Å²) in [6.45, 7) is 2.99. The summed E-state index contributed by atoms with van der Waals surface area (Å²) in [5.41, 5.74) is -0.324. The van der Waals surface area contributed by atoms with Crippen molar-refractivity contribution < 1.29 is 24.3 Å². The number of hydrogen-bond acceptors (Lipinski definition) is 5. The molecule has 7 heteroatoms. The van der Waals surface area contributed by atoms with Gasteiger partial charge in [0.15, 0.2) is 0 Å². The molecular formula is C12H15NO6. The molecule has 19 heavy (non-hydrogen) atoms. The van der Waals surface area contributed by atoms with Crippen LogP contribution in [0.3, 0.4) is 0 Å². The van der Waals surface area contributed by atoms with E-state index in [1.54, 1.807) is 0 Å². The number of hydrogen-bond donors (Lipinski definition) is 1. The molecule has 0 spiro atoms. The lowest BCUT2D eigenvalue weighted by molar-refractivity contribution is -0.384. The standard InChI is InChI=1S/C12H15NO6/c1-2-5-18-6-7-19-11-8-9(13(16)17)3-4-10(11)12(14)15/h3-4,8H,2,5-7H2,1H3,(H,14,15). The highest BCUT2D eigenvalue weighted by molar-refractivity contribution is 5.91. The molecule has 0 unspecified atom stereocenters. The van der Waals surface area contributed by atoms with Crippen LogP contribution in [0, 0.1) is 10.1 Å². The summed E-state index contributed by atoms with van der Waals surface area (Å²) >= 11 is 0. The number of nitrogens with zero attached hydrogens (tertiary/aromatic N) is 1. The molecular weight excluding hydrogens is 254 g/mol. The van der Waals surface area contributed by atoms with Crippen LogP contribution in [-0.2, 0) is 4.74 Å². The molecule has 0 radical (unpaired) electrons. The van der Waals surface area contributed by atoms with Gasteiger partial charge in [-0.3, -0.25) is 10.1 Å². The molecule has 1 N–H and O–H groups in total. The zero-order chi connectivity index (χ0) is 14.3. The first kappa shape index (κ1) is 14.9. The highest BCUT2D eigenvalue weighted by atomic mass is 16.6. The second-order valence-corrected chi connectivity index (χ2v) is 3.70. The van der Waals surface area contributed by atoms with Crippen molar-refractivity contribution in [3.8, 4) is 5.75 Å². The SMILES string of the molecule is CCCOCCOc1cc([N+](=O)[O-])ccc1C(=O)O. The lowest BCUT2D eigenvalue weighted by Crippen LogP contribution is -2.10. The Hall–Kier alpha value is -2.15. The summed E-state index contributed by atoms with van der Waals surface area (Å²) in [4.78, 5) is 21.0. The van der Waals surface area contributed by atoms with Crippen LogP contribution in [0.4, 0.5) is 5.69 Å². The van der Waals surface area contributed by atoms with Gasteiger partial charge in [0.25, 0.3) is 5.69 Å². The van der Waals surface area contributed by atoms with Gasteiger partial charge in [-0.25, -0.2) is 4.79 Å². The third kappa shape index (κ3) is 4.55. The Morgan fingerprint density at radius 1 is 1.37 bits per heavy atom. The van der Waals surface area contributed by atoms with Crippen LogP contribution >= 0.6 is 0 Å². The van der Waals surface area contributed by atoms with E-state index in [-0.39, 0.29) is 23.6 Å². The summed E-state index contributed by atoms with van der Waals surface area (Å²) < 4.78 is 10.4. The Balaban J connectivity index is 2.74. The van der Waals surface area contributed by atoms with Crippen LogP contribution in [0.15, 0.2) is 18.2 Å². The van der Waals surface area contributed by atoms with Gasteiger partial charge >= 0.3 is 5.97 Å². The largest absolute Gasteiger partial charge is 0.490 e. The quantitative estimate of drug-likeness (QED) is 0.440. The fourth-order valence-electron chi connectivity index (χ4n) is 1.38. The number of aromatic carboxylic acids is 1. The van der Waals surface area contributed by atoms with Gasteiger partial charge in [0.05, 0.1) is 17.6 Å². The normalized spacial score (nSPS) is 10.2. The smallest absolute Gasteiger partial charge is 0.339 e. The van der Waals surface area contributed by atoms with Crippen molar-refractivity contribution in [3.05, 3.63) is 33.9 Å². The minimum absolute atomic E-state index is 0.0261. The molecule has 0 saturated heterocycles. The summed E-state index contributed by atoms with van der Waals surface area (Å²) in [5, 5.41) is 19.6. The van der Waals surface area contributed by atoms with Crippen molar-refractivity contribution in [2.24, 2.45) is 0 Å². The van der Waals surface area contributed by atoms with Crippen molar-refractivity contribution in [2.75, 3.05) is 19.8 Å². The van der Waals surface area contributed by atoms with Crippen molar-refractivity contribution in [3.63, 3.8) is 0 Å². The molecule has 104 valence electrons. The van der Waals surface area contributed by atoms with Gasteiger partial charge in [-0.05, 0) is 12.5 Å². The first-order valence-electron chi connectivity index (χ1n) is 5.78. The van der Waals surface area contributed by atoms with Gasteiger partial charge in [0.2, 0.25) is 0 Å². The number of carboxylic acid groups (broad SMARTS) is 1. The second-order valence-electron chi connectivity index (χ2n) is 3.70. The van der Waals surface area contributed by atoms with Crippen LogP contribution in [0.5, 0.6) is 5.75 Å². The number of rotatable bonds is 8. The minimum Gasteiger partial charge on any atom is -0.490 e. The Bertz CT molecular complexity index is 460. The zero-order valence-corrected chi connectivity index (χ0v) is 10.5. The van der Waals surface area contributed by atoms with Gasteiger partial charge in [-0.2, -0.15) is 0 Å². The molecule has 0 aliphatic carbocycles. The lowest BCUT2D eigenvalue weighted by atomic mass is 10.2. The first-order valence-corrected chi connectivity index (χ1v) is 5.78. The highest BCUT2D eigenvalue weighted by Gasteiger charge is 2.16. The number of benzene rings is 1. The van der Waals surface area contributed by atoms with E-state index in [1.165, 1.54) is 0 Å². The third-order valence-corrected chi connectivity index (χ3v) is 2.24. The molecule has 0 saturated carbocycles.